The fourth-order valence-corrected chi connectivity index (χ4v) is 2.69. The molecule has 7 heteroatoms. The van der Waals surface area contributed by atoms with E-state index in [0.29, 0.717) is 34.4 Å². The third-order valence-corrected chi connectivity index (χ3v) is 3.92. The first kappa shape index (κ1) is 18.3. The molecule has 0 fully saturated rings. The molecule has 0 saturated heterocycles. The fourth-order valence-electron chi connectivity index (χ4n) is 2.69. The lowest BCUT2D eigenvalue weighted by molar-refractivity contribution is 0.395. The molecule has 3 N–H and O–H groups in total. The summed E-state index contributed by atoms with van der Waals surface area (Å²) in [6.45, 7) is 4.01. The first-order valence-corrected chi connectivity index (χ1v) is 8.36. The van der Waals surface area contributed by atoms with Crippen molar-refractivity contribution in [3.63, 3.8) is 0 Å². The molecule has 0 bridgehead atoms. The average Bonchev–Trinajstić information content (AvgIpc) is 2.64. The zero-order valence-corrected chi connectivity index (χ0v) is 15.7. The Labute approximate surface area is 158 Å². The highest BCUT2D eigenvalue weighted by Crippen LogP contribution is 2.35. The minimum Gasteiger partial charge on any atom is -0.497 e. The number of aryl methyl sites for hydroxylation is 2. The maximum absolute atomic E-state index is 6.22. The van der Waals surface area contributed by atoms with E-state index in [1.165, 1.54) is 6.33 Å². The number of aromatic nitrogens is 2. The molecule has 0 amide bonds. The number of benzene rings is 2. The molecule has 3 rings (SSSR count). The van der Waals surface area contributed by atoms with Crippen LogP contribution in [0.15, 0.2) is 42.7 Å². The molecule has 0 aliphatic rings. The van der Waals surface area contributed by atoms with E-state index >= 15 is 0 Å². The van der Waals surface area contributed by atoms with Crippen LogP contribution in [0.3, 0.4) is 0 Å². The second kappa shape index (κ2) is 7.82. The van der Waals surface area contributed by atoms with Crippen molar-refractivity contribution in [2.24, 2.45) is 0 Å². The second-order valence-corrected chi connectivity index (χ2v) is 6.06. The molecular formula is C20H22N4O3. The van der Waals surface area contributed by atoms with E-state index < -0.39 is 0 Å². The summed E-state index contributed by atoms with van der Waals surface area (Å²) in [5, 5.41) is 3.16. The maximum atomic E-state index is 6.22. The molecular weight excluding hydrogens is 344 g/mol. The number of ether oxygens (including phenoxy) is 3. The number of nitrogens with zero attached hydrogens (tertiary/aromatic N) is 2. The third-order valence-electron chi connectivity index (χ3n) is 3.92. The van der Waals surface area contributed by atoms with Crippen LogP contribution in [0.4, 0.5) is 17.2 Å². The predicted octanol–water partition coefficient (Wildman–Crippen LogP) is 4.23. The van der Waals surface area contributed by atoms with Crippen LogP contribution in [0.5, 0.6) is 23.1 Å². The minimum absolute atomic E-state index is 0.282. The summed E-state index contributed by atoms with van der Waals surface area (Å²) in [6.07, 6.45) is 1.40. The van der Waals surface area contributed by atoms with E-state index in [1.54, 1.807) is 20.3 Å². The van der Waals surface area contributed by atoms with Gasteiger partial charge in [0.15, 0.2) is 5.82 Å². The molecule has 140 valence electrons. The molecule has 0 radical (unpaired) electrons. The van der Waals surface area contributed by atoms with Crippen LogP contribution in [0.2, 0.25) is 0 Å². The van der Waals surface area contributed by atoms with Crippen molar-refractivity contribution in [2.75, 3.05) is 25.3 Å². The second-order valence-electron chi connectivity index (χ2n) is 6.06. The van der Waals surface area contributed by atoms with Crippen molar-refractivity contribution in [2.45, 2.75) is 13.8 Å². The monoisotopic (exact) mass is 366 g/mol. The largest absolute Gasteiger partial charge is 0.497 e. The van der Waals surface area contributed by atoms with Gasteiger partial charge in [0.05, 0.1) is 19.9 Å². The molecule has 1 heterocycles. The number of hydrogen-bond donors (Lipinski definition) is 2. The Balaban J connectivity index is 1.89. The van der Waals surface area contributed by atoms with Gasteiger partial charge in [-0.25, -0.2) is 4.98 Å². The lowest BCUT2D eigenvalue weighted by atomic mass is 10.1. The minimum atomic E-state index is 0.282. The van der Waals surface area contributed by atoms with E-state index in [4.69, 9.17) is 19.9 Å². The van der Waals surface area contributed by atoms with Gasteiger partial charge in [0, 0.05) is 6.07 Å². The van der Waals surface area contributed by atoms with Gasteiger partial charge >= 0.3 is 0 Å². The lowest BCUT2D eigenvalue weighted by Crippen LogP contribution is -2.04. The Kier molecular flexibility index (Phi) is 5.30. The standard InChI is InChI=1S/C20H22N4O3/c1-12-7-13(2)9-15(8-12)27-20-18(21)19(22-11-23-20)24-16-6-5-14(25-3)10-17(16)26-4/h5-11H,21H2,1-4H3,(H,22,23,24). The van der Waals surface area contributed by atoms with Crippen molar-refractivity contribution in [1.29, 1.82) is 0 Å². The van der Waals surface area contributed by atoms with E-state index in [-0.39, 0.29) is 5.88 Å². The van der Waals surface area contributed by atoms with Crippen LogP contribution in [-0.4, -0.2) is 24.2 Å². The molecule has 0 atom stereocenters. The van der Waals surface area contributed by atoms with Crippen molar-refractivity contribution in [3.05, 3.63) is 53.9 Å². The first-order chi connectivity index (χ1) is 13.0. The van der Waals surface area contributed by atoms with Crippen molar-refractivity contribution in [3.8, 4) is 23.1 Å². The SMILES string of the molecule is COc1ccc(Nc2ncnc(Oc3cc(C)cc(C)c3)c2N)c(OC)c1. The molecule has 3 aromatic rings. The van der Waals surface area contributed by atoms with Crippen molar-refractivity contribution in [1.82, 2.24) is 9.97 Å². The molecule has 0 saturated carbocycles. The number of rotatable bonds is 6. The zero-order valence-electron chi connectivity index (χ0n) is 15.7. The Morgan fingerprint density at radius 3 is 2.30 bits per heavy atom. The molecule has 0 aliphatic heterocycles. The first-order valence-electron chi connectivity index (χ1n) is 8.36. The number of nitrogen functional groups attached to an aromatic ring is 1. The highest BCUT2D eigenvalue weighted by molar-refractivity contribution is 5.75. The Hall–Kier alpha value is -3.48. The summed E-state index contributed by atoms with van der Waals surface area (Å²) in [6, 6.07) is 11.3. The van der Waals surface area contributed by atoms with Crippen molar-refractivity contribution >= 4 is 17.2 Å². The van der Waals surface area contributed by atoms with Gasteiger partial charge in [0.25, 0.3) is 0 Å². The van der Waals surface area contributed by atoms with Crippen LogP contribution in [-0.2, 0) is 0 Å². The quantitative estimate of drug-likeness (QED) is 0.674. The maximum Gasteiger partial charge on any atom is 0.248 e. The molecule has 0 unspecified atom stereocenters. The van der Waals surface area contributed by atoms with E-state index in [0.717, 1.165) is 11.1 Å². The van der Waals surface area contributed by atoms with Crippen LogP contribution < -0.4 is 25.3 Å². The van der Waals surface area contributed by atoms with Crippen LogP contribution in [0.25, 0.3) is 0 Å². The van der Waals surface area contributed by atoms with Gasteiger partial charge in [0.2, 0.25) is 5.88 Å². The summed E-state index contributed by atoms with van der Waals surface area (Å²) in [5.74, 6) is 2.67. The smallest absolute Gasteiger partial charge is 0.248 e. The van der Waals surface area contributed by atoms with Crippen LogP contribution in [0, 0.1) is 13.8 Å². The molecule has 7 nitrogen and oxygen atoms in total. The van der Waals surface area contributed by atoms with E-state index in [9.17, 15) is 0 Å². The Morgan fingerprint density at radius 2 is 1.63 bits per heavy atom. The lowest BCUT2D eigenvalue weighted by Gasteiger charge is -2.15. The van der Waals surface area contributed by atoms with Gasteiger partial charge in [-0.05, 0) is 49.2 Å². The number of hydrogen-bond acceptors (Lipinski definition) is 7. The van der Waals surface area contributed by atoms with Gasteiger partial charge in [-0.15, -0.1) is 0 Å². The number of nitrogens with one attached hydrogen (secondary N) is 1. The molecule has 0 aliphatic carbocycles. The summed E-state index contributed by atoms with van der Waals surface area (Å²) in [7, 11) is 3.18. The van der Waals surface area contributed by atoms with E-state index in [2.05, 4.69) is 21.4 Å². The van der Waals surface area contributed by atoms with E-state index in [1.807, 2.05) is 38.1 Å². The van der Waals surface area contributed by atoms with Gasteiger partial charge < -0.3 is 25.3 Å². The highest BCUT2D eigenvalue weighted by Gasteiger charge is 2.13. The Bertz CT molecular complexity index is 940. The molecule has 1 aromatic heterocycles. The van der Waals surface area contributed by atoms with Crippen molar-refractivity contribution < 1.29 is 14.2 Å². The topological polar surface area (TPSA) is 91.5 Å². The van der Waals surface area contributed by atoms with Crippen LogP contribution >= 0.6 is 0 Å². The molecule has 2 aromatic carbocycles. The fraction of sp³-hybridized carbons (Fsp3) is 0.200. The van der Waals surface area contributed by atoms with Gasteiger partial charge in [-0.2, -0.15) is 4.98 Å². The summed E-state index contributed by atoms with van der Waals surface area (Å²) >= 11 is 0. The number of anilines is 3. The Morgan fingerprint density at radius 1 is 0.889 bits per heavy atom. The van der Waals surface area contributed by atoms with Crippen LogP contribution in [0.1, 0.15) is 11.1 Å². The number of nitrogens with two attached hydrogens (primary N) is 1. The predicted molar refractivity (Wildman–Crippen MR) is 105 cm³/mol. The van der Waals surface area contributed by atoms with Gasteiger partial charge in [-0.3, -0.25) is 0 Å². The average molecular weight is 366 g/mol. The molecule has 27 heavy (non-hydrogen) atoms. The van der Waals surface area contributed by atoms with Gasteiger partial charge in [0.1, 0.15) is 29.3 Å². The zero-order chi connectivity index (χ0) is 19.4. The normalized spacial score (nSPS) is 10.4. The number of methoxy groups -OCH3 is 2. The highest BCUT2D eigenvalue weighted by atomic mass is 16.5. The summed E-state index contributed by atoms with van der Waals surface area (Å²) in [5.41, 5.74) is 9.41. The molecule has 0 spiro atoms. The van der Waals surface area contributed by atoms with Gasteiger partial charge in [-0.1, -0.05) is 6.07 Å². The summed E-state index contributed by atoms with van der Waals surface area (Å²) in [4.78, 5) is 8.37. The summed E-state index contributed by atoms with van der Waals surface area (Å²) < 4.78 is 16.5. The third kappa shape index (κ3) is 4.20.